The van der Waals surface area contributed by atoms with Crippen LogP contribution in [0, 0.1) is 0 Å². The van der Waals surface area contributed by atoms with Gasteiger partial charge in [-0.2, -0.15) is 10.2 Å². The van der Waals surface area contributed by atoms with E-state index in [1.165, 1.54) is 0 Å². The Balaban J connectivity index is 2.26. The maximum atomic E-state index is 4.44. The molecule has 0 saturated heterocycles. The summed E-state index contributed by atoms with van der Waals surface area (Å²) in [7, 11) is 0. The van der Waals surface area contributed by atoms with E-state index in [0.29, 0.717) is 12.4 Å². The third-order valence-electron chi connectivity index (χ3n) is 2.32. The molecule has 4 heteroatoms. The second-order valence-corrected chi connectivity index (χ2v) is 3.55. The van der Waals surface area contributed by atoms with Crippen molar-refractivity contribution in [3.63, 3.8) is 0 Å². The summed E-state index contributed by atoms with van der Waals surface area (Å²) in [4.78, 5) is 0. The Morgan fingerprint density at radius 1 is 1.38 bits per heavy atom. The molecule has 0 spiro atoms. The van der Waals surface area contributed by atoms with Crippen LogP contribution in [0.4, 0.5) is 0 Å². The summed E-state index contributed by atoms with van der Waals surface area (Å²) >= 11 is 0. The van der Waals surface area contributed by atoms with Gasteiger partial charge in [-0.05, 0) is 6.92 Å². The molecule has 4 nitrogen and oxygen atoms in total. The molecular weight excluding hydrogens is 200 g/mol. The van der Waals surface area contributed by atoms with Gasteiger partial charge in [0.05, 0.1) is 6.54 Å². The molecule has 0 N–H and O–H groups in total. The van der Waals surface area contributed by atoms with Crippen molar-refractivity contribution in [2.75, 3.05) is 6.54 Å². The topological polar surface area (TPSA) is 40.3 Å². The molecule has 0 amide bonds. The van der Waals surface area contributed by atoms with Crippen LogP contribution in [-0.4, -0.2) is 23.6 Å². The maximum absolute atomic E-state index is 4.44. The average Bonchev–Trinajstić information content (AvgIpc) is 2.33. The fourth-order valence-corrected chi connectivity index (χ4v) is 1.45. The first-order valence-electron chi connectivity index (χ1n) is 5.23. The Hall–Kier alpha value is -1.97. The molecule has 82 valence electrons. The Morgan fingerprint density at radius 3 is 2.81 bits per heavy atom. The summed E-state index contributed by atoms with van der Waals surface area (Å²) < 4.78 is 0. The van der Waals surface area contributed by atoms with Gasteiger partial charge < -0.3 is 0 Å². The third kappa shape index (κ3) is 2.16. The normalized spacial score (nSPS) is 19.4. The van der Waals surface area contributed by atoms with Crippen LogP contribution < -0.4 is 0 Å². The van der Waals surface area contributed by atoms with Gasteiger partial charge in [-0.1, -0.05) is 36.4 Å². The SMILES string of the molecule is C=CCN1N=C(c2ccccc2)N=NC1C. The fraction of sp³-hybridized carbons (Fsp3) is 0.250. The van der Waals surface area contributed by atoms with Crippen molar-refractivity contribution >= 4 is 5.84 Å². The molecule has 1 heterocycles. The van der Waals surface area contributed by atoms with E-state index >= 15 is 0 Å². The van der Waals surface area contributed by atoms with E-state index in [1.807, 2.05) is 48.3 Å². The number of nitrogens with zero attached hydrogens (tertiary/aromatic N) is 4. The van der Waals surface area contributed by atoms with E-state index in [9.17, 15) is 0 Å². The van der Waals surface area contributed by atoms with Crippen LogP contribution in [0.5, 0.6) is 0 Å². The van der Waals surface area contributed by atoms with Crippen LogP contribution in [0.1, 0.15) is 12.5 Å². The monoisotopic (exact) mass is 214 g/mol. The minimum Gasteiger partial charge on any atom is -0.265 e. The van der Waals surface area contributed by atoms with E-state index in [2.05, 4.69) is 21.9 Å². The van der Waals surface area contributed by atoms with Crippen molar-refractivity contribution in [2.45, 2.75) is 13.1 Å². The predicted molar refractivity (Wildman–Crippen MR) is 64.2 cm³/mol. The average molecular weight is 214 g/mol. The summed E-state index contributed by atoms with van der Waals surface area (Å²) in [6.07, 6.45) is 1.79. The second-order valence-electron chi connectivity index (χ2n) is 3.55. The lowest BCUT2D eigenvalue weighted by molar-refractivity contribution is 0.234. The van der Waals surface area contributed by atoms with Crippen molar-refractivity contribution in [1.29, 1.82) is 0 Å². The zero-order valence-electron chi connectivity index (χ0n) is 9.24. The van der Waals surface area contributed by atoms with Crippen molar-refractivity contribution in [3.05, 3.63) is 48.6 Å². The minimum atomic E-state index is -0.0227. The Kier molecular flexibility index (Phi) is 3.10. The lowest BCUT2D eigenvalue weighted by atomic mass is 10.2. The molecule has 0 aromatic heterocycles. The van der Waals surface area contributed by atoms with Crippen LogP contribution in [0.3, 0.4) is 0 Å². The lowest BCUT2D eigenvalue weighted by Gasteiger charge is -2.24. The summed E-state index contributed by atoms with van der Waals surface area (Å²) in [5.41, 5.74) is 0.979. The van der Waals surface area contributed by atoms with Gasteiger partial charge in [-0.3, -0.25) is 5.01 Å². The predicted octanol–water partition coefficient (Wildman–Crippen LogP) is 2.65. The van der Waals surface area contributed by atoms with Crippen LogP contribution in [0.25, 0.3) is 0 Å². The Labute approximate surface area is 95.0 Å². The van der Waals surface area contributed by atoms with Gasteiger partial charge in [0.15, 0.2) is 6.17 Å². The molecule has 1 atom stereocenters. The third-order valence-corrected chi connectivity index (χ3v) is 2.32. The molecule has 1 unspecified atom stereocenters. The molecule has 1 aliphatic heterocycles. The summed E-state index contributed by atoms with van der Waals surface area (Å²) in [5, 5.41) is 14.6. The number of azo groups is 1. The number of hydrazone groups is 1. The summed E-state index contributed by atoms with van der Waals surface area (Å²) in [6.45, 7) is 6.34. The van der Waals surface area contributed by atoms with E-state index in [1.54, 1.807) is 0 Å². The molecule has 0 radical (unpaired) electrons. The molecule has 16 heavy (non-hydrogen) atoms. The van der Waals surface area contributed by atoms with Gasteiger partial charge in [0.1, 0.15) is 0 Å². The zero-order valence-corrected chi connectivity index (χ0v) is 9.24. The molecular formula is C12H14N4. The Morgan fingerprint density at radius 2 is 2.12 bits per heavy atom. The highest BCUT2D eigenvalue weighted by Gasteiger charge is 2.16. The molecule has 0 saturated carbocycles. The van der Waals surface area contributed by atoms with Gasteiger partial charge in [-0.25, -0.2) is 0 Å². The van der Waals surface area contributed by atoms with Crippen LogP contribution in [0.15, 0.2) is 58.3 Å². The first-order valence-corrected chi connectivity index (χ1v) is 5.23. The zero-order chi connectivity index (χ0) is 11.4. The van der Waals surface area contributed by atoms with E-state index in [0.717, 1.165) is 5.56 Å². The molecule has 2 rings (SSSR count). The van der Waals surface area contributed by atoms with E-state index < -0.39 is 0 Å². The number of rotatable bonds is 3. The first kappa shape index (κ1) is 10.5. The largest absolute Gasteiger partial charge is 0.265 e. The van der Waals surface area contributed by atoms with Crippen molar-refractivity contribution in [2.24, 2.45) is 15.3 Å². The molecule has 1 aliphatic rings. The van der Waals surface area contributed by atoms with Gasteiger partial charge in [0, 0.05) is 5.56 Å². The quantitative estimate of drug-likeness (QED) is 0.713. The molecule has 0 aliphatic carbocycles. The van der Waals surface area contributed by atoms with Crippen LogP contribution in [-0.2, 0) is 0 Å². The van der Waals surface area contributed by atoms with E-state index in [4.69, 9.17) is 0 Å². The highest BCUT2D eigenvalue weighted by Crippen LogP contribution is 2.13. The van der Waals surface area contributed by atoms with Gasteiger partial charge in [0.25, 0.3) is 0 Å². The fourth-order valence-electron chi connectivity index (χ4n) is 1.45. The molecule has 1 aromatic carbocycles. The smallest absolute Gasteiger partial charge is 0.200 e. The number of hydrogen-bond acceptors (Lipinski definition) is 4. The lowest BCUT2D eigenvalue weighted by Crippen LogP contribution is -2.30. The van der Waals surface area contributed by atoms with Gasteiger partial charge >= 0.3 is 0 Å². The van der Waals surface area contributed by atoms with Gasteiger partial charge in [-0.15, -0.1) is 11.7 Å². The van der Waals surface area contributed by atoms with Crippen LogP contribution in [0.2, 0.25) is 0 Å². The maximum Gasteiger partial charge on any atom is 0.200 e. The van der Waals surface area contributed by atoms with Gasteiger partial charge in [0.2, 0.25) is 5.84 Å². The van der Waals surface area contributed by atoms with Crippen LogP contribution >= 0.6 is 0 Å². The van der Waals surface area contributed by atoms with Crippen molar-refractivity contribution in [3.8, 4) is 0 Å². The summed E-state index contributed by atoms with van der Waals surface area (Å²) in [6, 6.07) is 9.83. The Bertz CT molecular complexity index is 422. The van der Waals surface area contributed by atoms with Crippen molar-refractivity contribution in [1.82, 2.24) is 5.01 Å². The highest BCUT2D eigenvalue weighted by molar-refractivity contribution is 5.99. The number of amidine groups is 1. The standard InChI is InChI=1S/C12H14N4/c1-3-9-16-10(2)13-14-12(15-16)11-7-5-4-6-8-11/h3-8,10H,1,9H2,2H3. The molecule has 1 aromatic rings. The molecule has 0 fully saturated rings. The van der Waals surface area contributed by atoms with Crippen molar-refractivity contribution < 1.29 is 0 Å². The minimum absolute atomic E-state index is 0.0227. The molecule has 0 bridgehead atoms. The van der Waals surface area contributed by atoms with E-state index in [-0.39, 0.29) is 6.17 Å². The summed E-state index contributed by atoms with van der Waals surface area (Å²) in [5.74, 6) is 0.653. The first-order chi connectivity index (χ1) is 7.81. The number of benzene rings is 1. The number of hydrogen-bond donors (Lipinski definition) is 0. The highest BCUT2D eigenvalue weighted by atomic mass is 15.6. The second kappa shape index (κ2) is 4.70.